The maximum atomic E-state index is 13.0. The molecule has 0 saturated carbocycles. The average Bonchev–Trinajstić information content (AvgIpc) is 2.97. The molecule has 1 heterocycles. The highest BCUT2D eigenvalue weighted by Gasteiger charge is 2.20. The minimum Gasteiger partial charge on any atom is -0.493 e. The van der Waals surface area contributed by atoms with Crippen LogP contribution in [0.3, 0.4) is 0 Å². The predicted molar refractivity (Wildman–Crippen MR) is 109 cm³/mol. The summed E-state index contributed by atoms with van der Waals surface area (Å²) in [5.41, 5.74) is 4.82. The SMILES string of the molecule is COc1cc(C)c(NC(=O)c2c(C)nn(Cc3ccccc3)c2C)cc1OC. The first-order valence-corrected chi connectivity index (χ1v) is 9.06. The lowest BCUT2D eigenvalue weighted by atomic mass is 10.1. The zero-order chi connectivity index (χ0) is 20.3. The smallest absolute Gasteiger partial charge is 0.259 e. The number of aromatic nitrogens is 2. The Balaban J connectivity index is 1.87. The summed E-state index contributed by atoms with van der Waals surface area (Å²) in [6.07, 6.45) is 0. The van der Waals surface area contributed by atoms with Crippen LogP contribution in [-0.4, -0.2) is 29.9 Å². The van der Waals surface area contributed by atoms with Crippen LogP contribution in [-0.2, 0) is 6.54 Å². The van der Waals surface area contributed by atoms with Crippen LogP contribution in [0.5, 0.6) is 11.5 Å². The third kappa shape index (κ3) is 3.86. The van der Waals surface area contributed by atoms with E-state index in [4.69, 9.17) is 9.47 Å². The van der Waals surface area contributed by atoms with Crippen molar-refractivity contribution in [3.05, 3.63) is 70.5 Å². The number of ether oxygens (including phenoxy) is 2. The summed E-state index contributed by atoms with van der Waals surface area (Å²) < 4.78 is 12.5. The number of rotatable bonds is 6. The Kier molecular flexibility index (Phi) is 5.68. The molecule has 1 amide bonds. The fourth-order valence-electron chi connectivity index (χ4n) is 3.24. The van der Waals surface area contributed by atoms with Crippen molar-refractivity contribution in [3.63, 3.8) is 0 Å². The number of nitrogens with one attached hydrogen (secondary N) is 1. The molecule has 3 rings (SSSR count). The number of aryl methyl sites for hydroxylation is 2. The molecule has 1 N–H and O–H groups in total. The third-order valence-corrected chi connectivity index (χ3v) is 4.76. The second-order valence-electron chi connectivity index (χ2n) is 6.67. The lowest BCUT2D eigenvalue weighted by molar-refractivity contribution is 0.102. The standard InChI is InChI=1S/C22H25N3O3/c1-14-11-19(27-4)20(28-5)12-18(14)23-22(26)21-15(2)24-25(16(21)3)13-17-9-7-6-8-10-17/h6-12H,13H2,1-5H3,(H,23,26). The van der Waals surface area contributed by atoms with Crippen molar-refractivity contribution in [2.75, 3.05) is 19.5 Å². The van der Waals surface area contributed by atoms with Crippen LogP contribution in [0.25, 0.3) is 0 Å². The fraction of sp³-hybridized carbons (Fsp3) is 0.273. The van der Waals surface area contributed by atoms with Crippen molar-refractivity contribution < 1.29 is 14.3 Å². The fourth-order valence-corrected chi connectivity index (χ4v) is 3.24. The van der Waals surface area contributed by atoms with E-state index >= 15 is 0 Å². The van der Waals surface area contributed by atoms with Crippen LogP contribution in [0.2, 0.25) is 0 Å². The van der Waals surface area contributed by atoms with Gasteiger partial charge in [-0.2, -0.15) is 5.10 Å². The van der Waals surface area contributed by atoms with Crippen molar-refractivity contribution in [3.8, 4) is 11.5 Å². The van der Waals surface area contributed by atoms with E-state index in [0.29, 0.717) is 35.0 Å². The van der Waals surface area contributed by atoms with Crippen molar-refractivity contribution in [1.29, 1.82) is 0 Å². The molecular formula is C22H25N3O3. The molecule has 6 heteroatoms. The van der Waals surface area contributed by atoms with E-state index in [-0.39, 0.29) is 5.91 Å². The largest absolute Gasteiger partial charge is 0.493 e. The number of amides is 1. The van der Waals surface area contributed by atoms with E-state index in [1.807, 2.05) is 61.9 Å². The minimum atomic E-state index is -0.190. The molecule has 146 valence electrons. The van der Waals surface area contributed by atoms with Gasteiger partial charge in [-0.3, -0.25) is 9.48 Å². The molecule has 6 nitrogen and oxygen atoms in total. The van der Waals surface area contributed by atoms with Gasteiger partial charge in [-0.15, -0.1) is 0 Å². The van der Waals surface area contributed by atoms with Crippen LogP contribution in [0.4, 0.5) is 5.69 Å². The summed E-state index contributed by atoms with van der Waals surface area (Å²) in [4.78, 5) is 13.0. The molecule has 0 saturated heterocycles. The normalized spacial score (nSPS) is 10.6. The number of benzene rings is 2. The van der Waals surface area contributed by atoms with Gasteiger partial charge in [0.15, 0.2) is 11.5 Å². The van der Waals surface area contributed by atoms with Gasteiger partial charge in [-0.05, 0) is 38.0 Å². The van der Waals surface area contributed by atoms with Crippen molar-refractivity contribution in [2.24, 2.45) is 0 Å². The highest BCUT2D eigenvalue weighted by Crippen LogP contribution is 2.33. The molecule has 0 atom stereocenters. The second-order valence-corrected chi connectivity index (χ2v) is 6.67. The molecule has 0 aliphatic rings. The van der Waals surface area contributed by atoms with E-state index in [2.05, 4.69) is 10.4 Å². The molecule has 0 bridgehead atoms. The quantitative estimate of drug-likeness (QED) is 0.699. The molecular weight excluding hydrogens is 354 g/mol. The summed E-state index contributed by atoms with van der Waals surface area (Å²) in [5.74, 6) is 1.00. The zero-order valence-corrected chi connectivity index (χ0v) is 16.9. The molecule has 0 radical (unpaired) electrons. The molecule has 2 aromatic carbocycles. The molecule has 0 spiro atoms. The predicted octanol–water partition coefficient (Wildman–Crippen LogP) is 4.13. The van der Waals surface area contributed by atoms with Gasteiger partial charge in [-0.1, -0.05) is 30.3 Å². The van der Waals surface area contributed by atoms with Crippen LogP contribution >= 0.6 is 0 Å². The number of nitrogens with zero attached hydrogens (tertiary/aromatic N) is 2. The Morgan fingerprint density at radius 1 is 1.04 bits per heavy atom. The maximum Gasteiger partial charge on any atom is 0.259 e. The molecule has 28 heavy (non-hydrogen) atoms. The first kappa shape index (κ1) is 19.5. The molecule has 0 fully saturated rings. The first-order valence-electron chi connectivity index (χ1n) is 9.06. The minimum absolute atomic E-state index is 0.190. The van der Waals surface area contributed by atoms with E-state index in [1.165, 1.54) is 0 Å². The Hall–Kier alpha value is -3.28. The van der Waals surface area contributed by atoms with Gasteiger partial charge < -0.3 is 14.8 Å². The second kappa shape index (κ2) is 8.17. The van der Waals surface area contributed by atoms with Gasteiger partial charge in [0.25, 0.3) is 5.91 Å². The molecule has 3 aromatic rings. The van der Waals surface area contributed by atoms with Crippen LogP contribution < -0.4 is 14.8 Å². The zero-order valence-electron chi connectivity index (χ0n) is 16.9. The van der Waals surface area contributed by atoms with Gasteiger partial charge in [0.2, 0.25) is 0 Å². The van der Waals surface area contributed by atoms with Crippen LogP contribution in [0.15, 0.2) is 42.5 Å². The van der Waals surface area contributed by atoms with Gasteiger partial charge in [-0.25, -0.2) is 0 Å². The summed E-state index contributed by atoms with van der Waals surface area (Å²) >= 11 is 0. The van der Waals surface area contributed by atoms with Gasteiger partial charge >= 0.3 is 0 Å². The molecule has 0 aliphatic heterocycles. The lowest BCUT2D eigenvalue weighted by Crippen LogP contribution is -2.15. The maximum absolute atomic E-state index is 13.0. The topological polar surface area (TPSA) is 65.4 Å². The highest BCUT2D eigenvalue weighted by atomic mass is 16.5. The Morgan fingerprint density at radius 3 is 2.32 bits per heavy atom. The average molecular weight is 379 g/mol. The van der Waals surface area contributed by atoms with E-state index in [9.17, 15) is 4.79 Å². The highest BCUT2D eigenvalue weighted by molar-refractivity contribution is 6.06. The van der Waals surface area contributed by atoms with Crippen LogP contribution in [0, 0.1) is 20.8 Å². The number of methoxy groups -OCH3 is 2. The number of hydrogen-bond acceptors (Lipinski definition) is 4. The Labute approximate surface area is 165 Å². The number of anilines is 1. The Bertz CT molecular complexity index is 994. The van der Waals surface area contributed by atoms with E-state index < -0.39 is 0 Å². The molecule has 1 aromatic heterocycles. The van der Waals surface area contributed by atoms with Gasteiger partial charge in [0.05, 0.1) is 32.0 Å². The molecule has 0 unspecified atom stereocenters. The monoisotopic (exact) mass is 379 g/mol. The summed E-state index contributed by atoms with van der Waals surface area (Å²) in [7, 11) is 3.16. The number of carbonyl (C=O) groups is 1. The molecule has 0 aliphatic carbocycles. The van der Waals surface area contributed by atoms with Gasteiger partial charge in [0.1, 0.15) is 0 Å². The third-order valence-electron chi connectivity index (χ3n) is 4.76. The van der Waals surface area contributed by atoms with Crippen LogP contribution in [0.1, 0.15) is 32.9 Å². The summed E-state index contributed by atoms with van der Waals surface area (Å²) in [6, 6.07) is 13.7. The number of carbonyl (C=O) groups excluding carboxylic acids is 1. The van der Waals surface area contributed by atoms with E-state index in [1.54, 1.807) is 20.3 Å². The summed E-state index contributed by atoms with van der Waals surface area (Å²) in [5, 5.41) is 7.55. The Morgan fingerprint density at radius 2 is 1.68 bits per heavy atom. The number of hydrogen-bond donors (Lipinski definition) is 1. The van der Waals surface area contributed by atoms with Crippen molar-refractivity contribution >= 4 is 11.6 Å². The summed E-state index contributed by atoms with van der Waals surface area (Å²) in [6.45, 7) is 6.30. The van der Waals surface area contributed by atoms with Gasteiger partial charge in [0, 0.05) is 17.4 Å². The van der Waals surface area contributed by atoms with Crippen molar-refractivity contribution in [1.82, 2.24) is 9.78 Å². The van der Waals surface area contributed by atoms with Crippen molar-refractivity contribution in [2.45, 2.75) is 27.3 Å². The lowest BCUT2D eigenvalue weighted by Gasteiger charge is -2.14. The van der Waals surface area contributed by atoms with E-state index in [0.717, 1.165) is 16.8 Å². The first-order chi connectivity index (χ1) is 13.4.